The summed E-state index contributed by atoms with van der Waals surface area (Å²) in [5, 5.41) is 0. The van der Waals surface area contributed by atoms with Gasteiger partial charge in [0, 0.05) is 5.56 Å². The summed E-state index contributed by atoms with van der Waals surface area (Å²) in [6.07, 6.45) is 4.77. The zero-order valence-corrected chi connectivity index (χ0v) is 13.5. The van der Waals surface area contributed by atoms with Crippen molar-refractivity contribution < 1.29 is 13.9 Å². The van der Waals surface area contributed by atoms with Crippen molar-refractivity contribution in [2.45, 2.75) is 26.9 Å². The third-order valence-electron chi connectivity index (χ3n) is 3.38. The highest BCUT2D eigenvalue weighted by Gasteiger charge is 2.26. The maximum absolute atomic E-state index is 13.0. The van der Waals surface area contributed by atoms with Crippen molar-refractivity contribution in [2.75, 3.05) is 0 Å². The lowest BCUT2D eigenvalue weighted by molar-refractivity contribution is -0.156. The van der Waals surface area contributed by atoms with Gasteiger partial charge in [-0.1, -0.05) is 42.3 Å². The Hall–Kier alpha value is -2.60. The number of carbonyl (C=O) groups is 1. The van der Waals surface area contributed by atoms with Gasteiger partial charge in [0.25, 0.3) is 0 Å². The largest absolute Gasteiger partial charge is 0.444 e. The van der Waals surface area contributed by atoms with Crippen LogP contribution in [0.5, 0.6) is 0 Å². The first-order valence-electron chi connectivity index (χ1n) is 7.34. The van der Waals surface area contributed by atoms with E-state index in [1.807, 2.05) is 24.3 Å². The van der Waals surface area contributed by atoms with Crippen molar-refractivity contribution in [2.24, 2.45) is 5.41 Å². The molecule has 0 saturated heterocycles. The van der Waals surface area contributed by atoms with Crippen LogP contribution in [-0.2, 0) is 9.53 Å². The number of rotatable bonds is 3. The molecule has 2 nitrogen and oxygen atoms in total. The van der Waals surface area contributed by atoms with Crippen LogP contribution in [0.15, 0.2) is 48.5 Å². The number of terminal acetylenes is 1. The number of halogens is 1. The van der Waals surface area contributed by atoms with Crippen LogP contribution in [0.4, 0.5) is 4.39 Å². The van der Waals surface area contributed by atoms with Crippen molar-refractivity contribution in [1.82, 2.24) is 0 Å². The lowest BCUT2D eigenvalue weighted by Crippen LogP contribution is -2.24. The minimum absolute atomic E-state index is 0.271. The van der Waals surface area contributed by atoms with E-state index in [9.17, 15) is 9.18 Å². The molecule has 2 aromatic carbocycles. The summed E-state index contributed by atoms with van der Waals surface area (Å²) in [6.45, 7) is 5.33. The zero-order valence-electron chi connectivity index (χ0n) is 13.5. The molecule has 0 spiro atoms. The maximum atomic E-state index is 13.0. The second kappa shape index (κ2) is 6.66. The molecule has 0 aromatic heterocycles. The van der Waals surface area contributed by atoms with Gasteiger partial charge in [-0.25, -0.2) is 4.39 Å². The monoisotopic (exact) mass is 310 g/mol. The molecule has 0 fully saturated rings. The van der Waals surface area contributed by atoms with Crippen molar-refractivity contribution in [3.05, 3.63) is 59.9 Å². The molecule has 1 atom stereocenters. The van der Waals surface area contributed by atoms with E-state index in [2.05, 4.69) is 5.92 Å². The summed E-state index contributed by atoms with van der Waals surface area (Å²) in [5.41, 5.74) is 1.97. The number of esters is 1. The molecule has 2 rings (SSSR count). The Labute approximate surface area is 136 Å². The van der Waals surface area contributed by atoms with Gasteiger partial charge in [0.1, 0.15) is 5.82 Å². The average Bonchev–Trinajstić information content (AvgIpc) is 2.52. The van der Waals surface area contributed by atoms with E-state index in [0.717, 1.165) is 16.7 Å². The molecule has 2 aromatic rings. The number of ether oxygens (including phenoxy) is 1. The molecule has 23 heavy (non-hydrogen) atoms. The maximum Gasteiger partial charge on any atom is 0.312 e. The first-order valence-corrected chi connectivity index (χ1v) is 7.34. The highest BCUT2D eigenvalue weighted by molar-refractivity contribution is 5.76. The zero-order chi connectivity index (χ0) is 17.0. The molecule has 0 heterocycles. The van der Waals surface area contributed by atoms with Crippen molar-refractivity contribution >= 4 is 5.97 Å². The van der Waals surface area contributed by atoms with Gasteiger partial charge in [0.05, 0.1) is 5.41 Å². The molecule has 0 amide bonds. The van der Waals surface area contributed by atoms with Gasteiger partial charge in [0.15, 0.2) is 6.10 Å². The minimum atomic E-state index is -0.719. The fraction of sp³-hybridized carbons (Fsp3) is 0.250. The van der Waals surface area contributed by atoms with E-state index in [4.69, 9.17) is 11.2 Å². The number of carbonyl (C=O) groups excluding carboxylic acids is 1. The predicted molar refractivity (Wildman–Crippen MR) is 89.0 cm³/mol. The Balaban J connectivity index is 2.19. The third-order valence-corrected chi connectivity index (χ3v) is 3.38. The summed E-state index contributed by atoms with van der Waals surface area (Å²) in [4.78, 5) is 12.0. The van der Waals surface area contributed by atoms with E-state index in [0.29, 0.717) is 0 Å². The molecule has 0 radical (unpaired) electrons. The van der Waals surface area contributed by atoms with Crippen molar-refractivity contribution in [1.29, 1.82) is 0 Å². The molecule has 0 aliphatic heterocycles. The average molecular weight is 310 g/mol. The van der Waals surface area contributed by atoms with Crippen LogP contribution in [0.3, 0.4) is 0 Å². The SMILES string of the molecule is C#CC(OC(=O)C(C)(C)C)c1ccc(-c2ccc(F)cc2)cc1. The van der Waals surface area contributed by atoms with Crippen LogP contribution in [-0.4, -0.2) is 5.97 Å². The number of hydrogen-bond acceptors (Lipinski definition) is 2. The van der Waals surface area contributed by atoms with Crippen LogP contribution in [0.1, 0.15) is 32.4 Å². The molecule has 0 bridgehead atoms. The molecule has 0 aliphatic rings. The van der Waals surface area contributed by atoms with E-state index in [1.165, 1.54) is 12.1 Å². The first kappa shape index (κ1) is 16.8. The summed E-state index contributed by atoms with van der Waals surface area (Å²) < 4.78 is 18.4. The predicted octanol–water partition coefficient (Wildman–Crippen LogP) is 4.76. The lowest BCUT2D eigenvalue weighted by Gasteiger charge is -2.20. The van der Waals surface area contributed by atoms with Crippen LogP contribution < -0.4 is 0 Å². The molecule has 1 unspecified atom stereocenters. The van der Waals surface area contributed by atoms with Gasteiger partial charge < -0.3 is 4.74 Å². The molecule has 0 N–H and O–H groups in total. The molecule has 3 heteroatoms. The second-order valence-electron chi connectivity index (χ2n) is 6.33. The minimum Gasteiger partial charge on any atom is -0.444 e. The van der Waals surface area contributed by atoms with Gasteiger partial charge in [-0.05, 0) is 44.0 Å². The molecule has 0 saturated carbocycles. The Bertz CT molecular complexity index is 716. The number of benzene rings is 2. The summed E-state index contributed by atoms with van der Waals surface area (Å²) in [6, 6.07) is 13.6. The fourth-order valence-electron chi connectivity index (χ4n) is 1.97. The molecule has 118 valence electrons. The summed E-state index contributed by atoms with van der Waals surface area (Å²) in [7, 11) is 0. The van der Waals surface area contributed by atoms with Gasteiger partial charge in [0.2, 0.25) is 0 Å². The normalized spacial score (nSPS) is 12.3. The first-order chi connectivity index (χ1) is 10.8. The Kier molecular flexibility index (Phi) is 4.86. The van der Waals surface area contributed by atoms with Gasteiger partial charge >= 0.3 is 5.97 Å². The fourth-order valence-corrected chi connectivity index (χ4v) is 1.97. The highest BCUT2D eigenvalue weighted by Crippen LogP contribution is 2.26. The molecule has 0 aliphatic carbocycles. The van der Waals surface area contributed by atoms with E-state index in [1.54, 1.807) is 32.9 Å². The van der Waals surface area contributed by atoms with Crippen molar-refractivity contribution in [3.8, 4) is 23.5 Å². The Morgan fingerprint density at radius 3 is 1.96 bits per heavy atom. The van der Waals surface area contributed by atoms with Crippen LogP contribution >= 0.6 is 0 Å². The van der Waals surface area contributed by atoms with E-state index in [-0.39, 0.29) is 11.8 Å². The molecular formula is C20H19FO2. The quantitative estimate of drug-likeness (QED) is 0.604. The second-order valence-corrected chi connectivity index (χ2v) is 6.33. The number of hydrogen-bond donors (Lipinski definition) is 0. The Morgan fingerprint density at radius 2 is 1.52 bits per heavy atom. The van der Waals surface area contributed by atoms with E-state index < -0.39 is 11.5 Å². The standard InChI is InChI=1S/C20H19FO2/c1-5-18(23-19(22)20(2,3)4)16-8-6-14(7-9-16)15-10-12-17(21)13-11-15/h1,6-13,18H,2-4H3. The van der Waals surface area contributed by atoms with Crippen LogP contribution in [0, 0.1) is 23.6 Å². The van der Waals surface area contributed by atoms with Gasteiger partial charge in [-0.15, -0.1) is 6.42 Å². The van der Waals surface area contributed by atoms with Crippen LogP contribution in [0.25, 0.3) is 11.1 Å². The molecular weight excluding hydrogens is 291 g/mol. The van der Waals surface area contributed by atoms with Crippen molar-refractivity contribution in [3.63, 3.8) is 0 Å². The highest BCUT2D eigenvalue weighted by atomic mass is 19.1. The third kappa shape index (κ3) is 4.20. The Morgan fingerprint density at radius 1 is 1.04 bits per heavy atom. The summed E-state index contributed by atoms with van der Waals surface area (Å²) in [5.74, 6) is 1.88. The van der Waals surface area contributed by atoms with E-state index >= 15 is 0 Å². The van der Waals surface area contributed by atoms with Gasteiger partial charge in [-0.3, -0.25) is 4.79 Å². The smallest absolute Gasteiger partial charge is 0.312 e. The van der Waals surface area contributed by atoms with Crippen LogP contribution in [0.2, 0.25) is 0 Å². The topological polar surface area (TPSA) is 26.3 Å². The summed E-state index contributed by atoms with van der Waals surface area (Å²) >= 11 is 0. The van der Waals surface area contributed by atoms with Gasteiger partial charge in [-0.2, -0.15) is 0 Å². The lowest BCUT2D eigenvalue weighted by atomic mass is 9.97.